The highest BCUT2D eigenvalue weighted by Gasteiger charge is 2.51. The minimum atomic E-state index is -0.449. The Bertz CT molecular complexity index is 3160. The molecule has 0 saturated carbocycles. The summed E-state index contributed by atoms with van der Waals surface area (Å²) in [6.07, 6.45) is 0. The lowest BCUT2D eigenvalue weighted by atomic mass is 9.70. The molecule has 10 aromatic rings. The van der Waals surface area contributed by atoms with Gasteiger partial charge in [0, 0.05) is 27.6 Å². The summed E-state index contributed by atoms with van der Waals surface area (Å²) in [5, 5.41) is 1.11. The van der Waals surface area contributed by atoms with Crippen LogP contribution in [-0.2, 0) is 5.41 Å². The predicted molar refractivity (Wildman–Crippen MR) is 241 cm³/mol. The third-order valence-electron chi connectivity index (χ3n) is 12.3. The lowest BCUT2D eigenvalue weighted by molar-refractivity contribution is 0.794. The van der Waals surface area contributed by atoms with E-state index >= 15 is 0 Å². The van der Waals surface area contributed by atoms with Crippen molar-refractivity contribution < 1.29 is 0 Å². The van der Waals surface area contributed by atoms with E-state index in [1.807, 2.05) is 12.1 Å². The monoisotopic (exact) mass is 749 g/mol. The Labute approximate surface area is 343 Å². The van der Waals surface area contributed by atoms with E-state index in [1.54, 1.807) is 0 Å². The molecule has 0 saturated heterocycles. The third-order valence-corrected chi connectivity index (χ3v) is 12.3. The van der Waals surface area contributed by atoms with E-state index in [9.17, 15) is 0 Å². The maximum Gasteiger partial charge on any atom is 0.160 e. The largest absolute Gasteiger partial charge is 0.248 e. The van der Waals surface area contributed by atoms with E-state index in [0.29, 0.717) is 5.82 Å². The molecule has 0 N–H and O–H groups in total. The second kappa shape index (κ2) is 13.2. The molecule has 2 aliphatic carbocycles. The molecule has 274 valence electrons. The Morgan fingerprint density at radius 1 is 0.271 bits per heavy atom. The number of nitrogens with zero attached hydrogens (tertiary/aromatic N) is 3. The highest BCUT2D eigenvalue weighted by atomic mass is 14.9. The van der Waals surface area contributed by atoms with Crippen molar-refractivity contribution in [3.05, 3.63) is 235 Å². The van der Waals surface area contributed by atoms with Gasteiger partial charge in [0.1, 0.15) is 0 Å². The van der Waals surface area contributed by atoms with Crippen LogP contribution >= 0.6 is 0 Å². The smallest absolute Gasteiger partial charge is 0.160 e. The number of hydrogen-bond acceptors (Lipinski definition) is 3. The SMILES string of the molecule is c1ccc(-c2cc(-c3ccccc3)nc(-c3cccc(-c4cc(-c5ccccc5)nc5cc6c(cc45)-c4ccccc4C64c5ccccc5-c5ccccc54)c3)n2)cc1. The van der Waals surface area contributed by atoms with Gasteiger partial charge in [-0.1, -0.05) is 182 Å². The molecule has 8 aromatic carbocycles. The van der Waals surface area contributed by atoms with Crippen molar-refractivity contribution in [3.63, 3.8) is 0 Å². The first-order valence-electron chi connectivity index (χ1n) is 20.2. The fraction of sp³-hybridized carbons (Fsp3) is 0.0179. The number of fused-ring (bicyclic) bond motifs is 11. The number of benzene rings is 8. The van der Waals surface area contributed by atoms with Gasteiger partial charge in [0.25, 0.3) is 0 Å². The average molecular weight is 750 g/mol. The summed E-state index contributed by atoms with van der Waals surface area (Å²) in [5.41, 5.74) is 19.9. The lowest BCUT2D eigenvalue weighted by Gasteiger charge is -2.30. The van der Waals surface area contributed by atoms with Crippen LogP contribution < -0.4 is 0 Å². The van der Waals surface area contributed by atoms with E-state index in [-0.39, 0.29) is 0 Å². The van der Waals surface area contributed by atoms with Gasteiger partial charge in [0.15, 0.2) is 5.82 Å². The number of hydrogen-bond donors (Lipinski definition) is 0. The minimum absolute atomic E-state index is 0.449. The number of rotatable bonds is 5. The van der Waals surface area contributed by atoms with Crippen molar-refractivity contribution in [2.75, 3.05) is 0 Å². The quantitative estimate of drug-likeness (QED) is 0.176. The molecular weight excluding hydrogens is 715 g/mol. The molecule has 0 bridgehead atoms. The highest BCUT2D eigenvalue weighted by molar-refractivity contribution is 6.04. The van der Waals surface area contributed by atoms with Gasteiger partial charge in [0.2, 0.25) is 0 Å². The van der Waals surface area contributed by atoms with Crippen LogP contribution in [0.5, 0.6) is 0 Å². The Morgan fingerprint density at radius 2 is 0.712 bits per heavy atom. The summed E-state index contributed by atoms with van der Waals surface area (Å²) >= 11 is 0. The van der Waals surface area contributed by atoms with Crippen molar-refractivity contribution >= 4 is 10.9 Å². The maximum atomic E-state index is 5.48. The summed E-state index contributed by atoms with van der Waals surface area (Å²) in [7, 11) is 0. The summed E-state index contributed by atoms with van der Waals surface area (Å²) in [6, 6.07) is 76.0. The van der Waals surface area contributed by atoms with Crippen LogP contribution in [0.1, 0.15) is 22.3 Å². The number of aromatic nitrogens is 3. The Balaban J connectivity index is 1.10. The standard InChI is InChI=1S/C56H35N3/c1-4-17-36(18-5-1)51-33-44(39-23-16-24-40(31-39)55-58-52(37-19-6-2-7-20-37)35-53(59-55)38-21-8-3-9-22-38)46-32-45-43-27-12-15-30-49(43)56(50(45)34-54(46)57-51)47-28-13-10-25-41(47)42-26-11-14-29-48(42)56/h1-35H. The first-order chi connectivity index (χ1) is 29.2. The topological polar surface area (TPSA) is 38.7 Å². The molecule has 1 spiro atoms. The first kappa shape index (κ1) is 33.4. The van der Waals surface area contributed by atoms with Gasteiger partial charge < -0.3 is 0 Å². The lowest BCUT2D eigenvalue weighted by Crippen LogP contribution is -2.25. The predicted octanol–water partition coefficient (Wildman–Crippen LogP) is 13.7. The summed E-state index contributed by atoms with van der Waals surface area (Å²) < 4.78 is 0. The normalized spacial score (nSPS) is 12.9. The summed E-state index contributed by atoms with van der Waals surface area (Å²) in [6.45, 7) is 0. The summed E-state index contributed by atoms with van der Waals surface area (Å²) in [5.74, 6) is 0.684. The molecule has 0 aliphatic heterocycles. The zero-order valence-electron chi connectivity index (χ0n) is 32.0. The Kier molecular flexibility index (Phi) is 7.45. The van der Waals surface area contributed by atoms with Crippen LogP contribution in [0.2, 0.25) is 0 Å². The molecule has 3 nitrogen and oxygen atoms in total. The van der Waals surface area contributed by atoms with Crippen molar-refractivity contribution in [1.82, 2.24) is 15.0 Å². The van der Waals surface area contributed by atoms with E-state index in [1.165, 1.54) is 44.5 Å². The molecule has 2 heterocycles. The van der Waals surface area contributed by atoms with Crippen LogP contribution in [0.25, 0.3) is 89.4 Å². The van der Waals surface area contributed by atoms with Gasteiger partial charge in [0.05, 0.1) is 28.0 Å². The molecule has 0 amide bonds. The maximum absolute atomic E-state index is 5.48. The first-order valence-corrected chi connectivity index (χ1v) is 20.2. The fourth-order valence-corrected chi connectivity index (χ4v) is 9.72. The van der Waals surface area contributed by atoms with Crippen LogP contribution in [0.15, 0.2) is 212 Å². The van der Waals surface area contributed by atoms with Gasteiger partial charge in [-0.2, -0.15) is 0 Å². The van der Waals surface area contributed by atoms with E-state index in [0.717, 1.165) is 61.4 Å². The summed E-state index contributed by atoms with van der Waals surface area (Å²) in [4.78, 5) is 15.9. The molecule has 59 heavy (non-hydrogen) atoms. The van der Waals surface area contributed by atoms with Crippen molar-refractivity contribution in [2.45, 2.75) is 5.41 Å². The average Bonchev–Trinajstić information content (AvgIpc) is 3.78. The number of pyridine rings is 1. The second-order valence-electron chi connectivity index (χ2n) is 15.5. The molecule has 0 radical (unpaired) electrons. The van der Waals surface area contributed by atoms with E-state index in [4.69, 9.17) is 15.0 Å². The van der Waals surface area contributed by atoms with Crippen molar-refractivity contribution in [3.8, 4) is 78.5 Å². The van der Waals surface area contributed by atoms with Crippen LogP contribution in [0, 0.1) is 0 Å². The molecule has 2 aromatic heterocycles. The molecule has 3 heteroatoms. The Hall–Kier alpha value is -7.75. The van der Waals surface area contributed by atoms with Crippen molar-refractivity contribution in [1.29, 1.82) is 0 Å². The molecule has 0 unspecified atom stereocenters. The third kappa shape index (κ3) is 5.11. The zero-order chi connectivity index (χ0) is 38.9. The van der Waals surface area contributed by atoms with Crippen LogP contribution in [0.3, 0.4) is 0 Å². The zero-order valence-corrected chi connectivity index (χ0v) is 32.0. The van der Waals surface area contributed by atoms with Gasteiger partial charge in [-0.25, -0.2) is 15.0 Å². The molecule has 2 aliphatic rings. The van der Waals surface area contributed by atoms with Gasteiger partial charge in [-0.05, 0) is 86.0 Å². The van der Waals surface area contributed by atoms with Gasteiger partial charge in [-0.15, -0.1) is 0 Å². The second-order valence-corrected chi connectivity index (χ2v) is 15.5. The van der Waals surface area contributed by atoms with Crippen molar-refractivity contribution in [2.24, 2.45) is 0 Å². The molecule has 0 fully saturated rings. The van der Waals surface area contributed by atoms with Gasteiger partial charge in [-0.3, -0.25) is 0 Å². The molecule has 12 rings (SSSR count). The van der Waals surface area contributed by atoms with Crippen LogP contribution in [0.4, 0.5) is 0 Å². The van der Waals surface area contributed by atoms with E-state index in [2.05, 4.69) is 200 Å². The minimum Gasteiger partial charge on any atom is -0.248 e. The van der Waals surface area contributed by atoms with Gasteiger partial charge >= 0.3 is 0 Å². The molecular formula is C56H35N3. The van der Waals surface area contributed by atoms with Crippen LogP contribution in [-0.4, -0.2) is 15.0 Å². The fourth-order valence-electron chi connectivity index (χ4n) is 9.72. The molecule has 0 atom stereocenters. The highest BCUT2D eigenvalue weighted by Crippen LogP contribution is 2.63. The van der Waals surface area contributed by atoms with E-state index < -0.39 is 5.41 Å². The Morgan fingerprint density at radius 3 is 1.25 bits per heavy atom.